The number of rotatable bonds is 4. The van der Waals surface area contributed by atoms with Crippen molar-refractivity contribution < 1.29 is 13.9 Å². The highest BCUT2D eigenvalue weighted by Crippen LogP contribution is 2.29. The van der Waals surface area contributed by atoms with E-state index in [9.17, 15) is 9.18 Å². The van der Waals surface area contributed by atoms with Crippen molar-refractivity contribution in [2.24, 2.45) is 0 Å². The Labute approximate surface area is 189 Å². The number of piperidine rings is 1. The molecule has 1 N–H and O–H groups in total. The van der Waals surface area contributed by atoms with Gasteiger partial charge in [-0.2, -0.15) is 5.10 Å². The molecule has 0 amide bonds. The van der Waals surface area contributed by atoms with Crippen molar-refractivity contribution in [3.05, 3.63) is 51.8 Å². The Morgan fingerprint density at radius 1 is 1.15 bits per heavy atom. The molecule has 6 rings (SSSR count). The molecule has 0 radical (unpaired) electrons. The van der Waals surface area contributed by atoms with Gasteiger partial charge in [-0.25, -0.2) is 4.39 Å². The van der Waals surface area contributed by atoms with Gasteiger partial charge in [-0.1, -0.05) is 0 Å². The van der Waals surface area contributed by atoms with Crippen LogP contribution in [0.4, 0.5) is 4.39 Å². The van der Waals surface area contributed by atoms with E-state index in [1.165, 1.54) is 12.3 Å². The lowest BCUT2D eigenvalue weighted by Gasteiger charge is -2.40. The molecule has 0 aromatic carbocycles. The molecule has 1 atom stereocenters. The van der Waals surface area contributed by atoms with Gasteiger partial charge in [0.05, 0.1) is 22.9 Å². The summed E-state index contributed by atoms with van der Waals surface area (Å²) in [6, 6.07) is 5.54. The largest absolute Gasteiger partial charge is 0.484 e. The zero-order valence-electron chi connectivity index (χ0n) is 18.2. The van der Waals surface area contributed by atoms with Gasteiger partial charge < -0.3 is 19.4 Å². The monoisotopic (exact) mass is 452 g/mol. The first kappa shape index (κ1) is 20.5. The van der Waals surface area contributed by atoms with E-state index in [1.54, 1.807) is 10.6 Å². The maximum atomic E-state index is 14.6. The van der Waals surface area contributed by atoms with Crippen LogP contribution < -0.4 is 20.3 Å². The number of nitrogens with one attached hydrogen (secondary N) is 1. The van der Waals surface area contributed by atoms with Crippen LogP contribution in [0.5, 0.6) is 11.6 Å². The van der Waals surface area contributed by atoms with E-state index < -0.39 is 0 Å². The minimum absolute atomic E-state index is 0.0991. The summed E-state index contributed by atoms with van der Waals surface area (Å²) in [5, 5.41) is 11.9. The van der Waals surface area contributed by atoms with Crippen molar-refractivity contribution in [3.63, 3.8) is 0 Å². The van der Waals surface area contributed by atoms with Crippen LogP contribution >= 0.6 is 0 Å². The van der Waals surface area contributed by atoms with Crippen molar-refractivity contribution in [2.75, 3.05) is 26.3 Å². The lowest BCUT2D eigenvalue weighted by molar-refractivity contribution is 0.126. The van der Waals surface area contributed by atoms with Crippen LogP contribution in [0.15, 0.2) is 29.2 Å². The maximum absolute atomic E-state index is 14.6. The van der Waals surface area contributed by atoms with E-state index in [0.717, 1.165) is 31.6 Å². The van der Waals surface area contributed by atoms with E-state index in [1.807, 2.05) is 6.07 Å². The number of likely N-dealkylation sites (tertiary alicyclic amines) is 1. The van der Waals surface area contributed by atoms with Gasteiger partial charge in [0.25, 0.3) is 11.4 Å². The van der Waals surface area contributed by atoms with E-state index >= 15 is 0 Å². The molecule has 0 spiro atoms. The summed E-state index contributed by atoms with van der Waals surface area (Å²) in [7, 11) is 0. The smallest absolute Gasteiger partial charge is 0.276 e. The molecule has 3 aromatic heterocycles. The molecule has 9 nitrogen and oxygen atoms in total. The summed E-state index contributed by atoms with van der Waals surface area (Å²) in [6.07, 6.45) is 3.81. The van der Waals surface area contributed by atoms with Crippen LogP contribution in [-0.2, 0) is 19.5 Å². The number of hydrogen-bond acceptors (Lipinski definition) is 8. The molecule has 33 heavy (non-hydrogen) atoms. The molecule has 172 valence electrons. The zero-order chi connectivity index (χ0) is 22.4. The third-order valence-electron chi connectivity index (χ3n) is 6.86. The third kappa shape index (κ3) is 3.83. The SMILES string of the molecule is O=c1ccc2ncc(F)c3c2n1CC(N1CCC(NCc2cc4c(nn2)OCCO4)CC1)C3. The van der Waals surface area contributed by atoms with Crippen LogP contribution in [0.25, 0.3) is 11.0 Å². The van der Waals surface area contributed by atoms with Crippen LogP contribution in [0.1, 0.15) is 24.1 Å². The molecule has 3 aromatic rings. The highest BCUT2D eigenvalue weighted by Gasteiger charge is 2.31. The standard InChI is InChI=1S/C23H25FN6O3/c24-18-12-26-19-1-2-21(31)30-13-16(10-17(18)22(19)30)29-5-3-14(4-6-29)25-11-15-9-20-23(28-27-15)33-8-7-32-20/h1-2,9,12,14,16,25H,3-8,10-11,13H2. The number of ether oxygens (including phenoxy) is 2. The van der Waals surface area contributed by atoms with Gasteiger partial charge in [-0.15, -0.1) is 5.10 Å². The van der Waals surface area contributed by atoms with Crippen LogP contribution in [0.3, 0.4) is 0 Å². The van der Waals surface area contributed by atoms with Crippen LogP contribution in [0.2, 0.25) is 0 Å². The highest BCUT2D eigenvalue weighted by molar-refractivity contribution is 5.79. The summed E-state index contributed by atoms with van der Waals surface area (Å²) < 4.78 is 27.3. The molecular formula is C23H25FN6O3. The number of fused-ring (bicyclic) bond motifs is 1. The second kappa shape index (κ2) is 8.35. The molecule has 1 fully saturated rings. The highest BCUT2D eigenvalue weighted by atomic mass is 19.1. The Kier molecular flexibility index (Phi) is 5.18. The molecule has 10 heteroatoms. The van der Waals surface area contributed by atoms with Crippen LogP contribution in [0, 0.1) is 5.82 Å². The molecule has 3 aliphatic heterocycles. The predicted molar refractivity (Wildman–Crippen MR) is 118 cm³/mol. The average molecular weight is 452 g/mol. The average Bonchev–Trinajstić information content (AvgIpc) is 2.86. The van der Waals surface area contributed by atoms with Crippen molar-refractivity contribution in [1.29, 1.82) is 0 Å². The van der Waals surface area contributed by atoms with E-state index in [-0.39, 0.29) is 17.4 Å². The molecule has 1 unspecified atom stereocenters. The summed E-state index contributed by atoms with van der Waals surface area (Å²) in [5.74, 6) is 0.770. The summed E-state index contributed by atoms with van der Waals surface area (Å²) in [4.78, 5) is 19.1. The summed E-state index contributed by atoms with van der Waals surface area (Å²) in [5.41, 5.74) is 2.65. The lowest BCUT2D eigenvalue weighted by atomic mass is 9.95. The lowest BCUT2D eigenvalue weighted by Crippen LogP contribution is -2.50. The topological polar surface area (TPSA) is 94.4 Å². The minimum atomic E-state index is -0.330. The van der Waals surface area contributed by atoms with Gasteiger partial charge in [-0.3, -0.25) is 14.7 Å². The fourth-order valence-electron chi connectivity index (χ4n) is 5.14. The second-order valence-corrected chi connectivity index (χ2v) is 8.85. The summed E-state index contributed by atoms with van der Waals surface area (Å²) in [6.45, 7) is 3.98. The first-order valence-electron chi connectivity index (χ1n) is 11.4. The third-order valence-corrected chi connectivity index (χ3v) is 6.86. The number of nitrogens with zero attached hydrogens (tertiary/aromatic N) is 5. The molecule has 0 aliphatic carbocycles. The van der Waals surface area contributed by atoms with Gasteiger partial charge in [0.1, 0.15) is 19.0 Å². The molecule has 0 bridgehead atoms. The molecule has 0 saturated carbocycles. The maximum Gasteiger partial charge on any atom is 0.276 e. The van der Waals surface area contributed by atoms with Crippen molar-refractivity contribution in [1.82, 2.24) is 30.0 Å². The molecule has 1 saturated heterocycles. The van der Waals surface area contributed by atoms with Gasteiger partial charge in [0, 0.05) is 42.9 Å². The Hall–Kier alpha value is -3.11. The van der Waals surface area contributed by atoms with Crippen molar-refractivity contribution in [2.45, 2.75) is 44.4 Å². The molecular weight excluding hydrogens is 427 g/mol. The van der Waals surface area contributed by atoms with Gasteiger partial charge in [0.2, 0.25) is 0 Å². The van der Waals surface area contributed by atoms with Gasteiger partial charge in [0.15, 0.2) is 5.75 Å². The zero-order valence-corrected chi connectivity index (χ0v) is 18.2. The number of hydrogen-bond donors (Lipinski definition) is 1. The van der Waals surface area contributed by atoms with E-state index in [4.69, 9.17) is 9.47 Å². The Morgan fingerprint density at radius 3 is 2.88 bits per heavy atom. The van der Waals surface area contributed by atoms with Crippen LogP contribution in [-0.4, -0.2) is 63.0 Å². The van der Waals surface area contributed by atoms with E-state index in [2.05, 4.69) is 25.4 Å². The quantitative estimate of drug-likeness (QED) is 0.633. The second-order valence-electron chi connectivity index (χ2n) is 8.85. The molecule has 6 heterocycles. The Morgan fingerprint density at radius 2 is 2.00 bits per heavy atom. The van der Waals surface area contributed by atoms with Crippen molar-refractivity contribution in [3.8, 4) is 11.6 Å². The number of halogens is 1. The fourth-order valence-corrected chi connectivity index (χ4v) is 5.14. The predicted octanol–water partition coefficient (Wildman–Crippen LogP) is 1.28. The minimum Gasteiger partial charge on any atom is -0.484 e. The summed E-state index contributed by atoms with van der Waals surface area (Å²) >= 11 is 0. The van der Waals surface area contributed by atoms with Gasteiger partial charge >= 0.3 is 0 Å². The normalized spacial score (nSPS) is 20.8. The molecule has 3 aliphatic rings. The number of pyridine rings is 2. The van der Waals surface area contributed by atoms with E-state index in [0.29, 0.717) is 67.0 Å². The number of aromatic nitrogens is 4. The van der Waals surface area contributed by atoms with Crippen molar-refractivity contribution >= 4 is 11.0 Å². The van der Waals surface area contributed by atoms with Gasteiger partial charge in [-0.05, 0) is 38.4 Å². The Balaban J connectivity index is 1.09. The fraction of sp³-hybridized carbons (Fsp3) is 0.478. The Bertz CT molecular complexity index is 1260. The first-order chi connectivity index (χ1) is 16.2. The first-order valence-corrected chi connectivity index (χ1v) is 11.4.